The van der Waals surface area contributed by atoms with E-state index in [1.54, 1.807) is 0 Å². The first-order valence-electron chi connectivity index (χ1n) is 17.0. The lowest BCUT2D eigenvalue weighted by atomic mass is 9.78. The van der Waals surface area contributed by atoms with Gasteiger partial charge in [-0.25, -0.2) is 0 Å². The van der Waals surface area contributed by atoms with Crippen LogP contribution in [0.1, 0.15) is 119 Å². The molecule has 0 bridgehead atoms. The monoisotopic (exact) mass is 624 g/mol. The molecule has 2 aromatic carbocycles. The Bertz CT molecular complexity index is 1090. The van der Waals surface area contributed by atoms with Gasteiger partial charge in [0.15, 0.2) is 0 Å². The molecule has 2 fully saturated rings. The molecule has 45 heavy (non-hydrogen) atoms. The van der Waals surface area contributed by atoms with Gasteiger partial charge in [0.1, 0.15) is 22.7 Å². The Morgan fingerprint density at radius 3 is 1.18 bits per heavy atom. The molecule has 2 aliphatic heterocycles. The second-order valence-electron chi connectivity index (χ2n) is 16.1. The van der Waals surface area contributed by atoms with Crippen molar-refractivity contribution in [1.82, 2.24) is 0 Å². The summed E-state index contributed by atoms with van der Waals surface area (Å²) in [6, 6.07) is 17.1. The van der Waals surface area contributed by atoms with Gasteiger partial charge in [0.2, 0.25) is 0 Å². The Morgan fingerprint density at radius 1 is 0.533 bits per heavy atom. The number of epoxide rings is 2. The highest BCUT2D eigenvalue weighted by Gasteiger charge is 2.33. The Hall–Kier alpha value is -2.12. The van der Waals surface area contributed by atoms with Gasteiger partial charge in [-0.15, -0.1) is 0 Å². The maximum Gasteiger partial charge on any atom is 0.120 e. The summed E-state index contributed by atoms with van der Waals surface area (Å²) in [7, 11) is 0. The smallest absolute Gasteiger partial charge is 0.120 e. The number of hydrogen-bond donors (Lipinski definition) is 0. The zero-order chi connectivity index (χ0) is 32.9. The van der Waals surface area contributed by atoms with E-state index < -0.39 is 0 Å². The summed E-state index contributed by atoms with van der Waals surface area (Å²) in [4.78, 5) is 0. The van der Waals surface area contributed by atoms with Crippen molar-refractivity contribution < 1.29 is 28.4 Å². The minimum absolute atomic E-state index is 0.142. The summed E-state index contributed by atoms with van der Waals surface area (Å²) in [5.41, 5.74) is 1.49. The van der Waals surface area contributed by atoms with Gasteiger partial charge in [-0.3, -0.25) is 0 Å². The zero-order valence-corrected chi connectivity index (χ0v) is 29.8. The SMILES string of the molecule is CC(C)(CC1CO1)OCCCC(C)(C)Oc1ccc(C(C)(C)c2ccc(OC(C)(C)CCCOC(C)(C)CC3CO3)cc2)cc1. The van der Waals surface area contributed by atoms with Gasteiger partial charge >= 0.3 is 0 Å². The van der Waals surface area contributed by atoms with Gasteiger partial charge in [0, 0.05) is 31.5 Å². The van der Waals surface area contributed by atoms with E-state index in [2.05, 4.69) is 118 Å². The molecule has 0 N–H and O–H groups in total. The normalized spacial score (nSPS) is 19.0. The van der Waals surface area contributed by atoms with Crippen LogP contribution in [0.5, 0.6) is 11.5 Å². The highest BCUT2D eigenvalue weighted by molar-refractivity contribution is 5.42. The fourth-order valence-corrected chi connectivity index (χ4v) is 6.07. The Balaban J connectivity index is 1.22. The van der Waals surface area contributed by atoms with Crippen LogP contribution in [0.3, 0.4) is 0 Å². The molecule has 2 aromatic rings. The molecular formula is C39H60O6. The summed E-state index contributed by atoms with van der Waals surface area (Å²) < 4.78 is 35.8. The van der Waals surface area contributed by atoms with Gasteiger partial charge in [0.25, 0.3) is 0 Å². The summed E-state index contributed by atoms with van der Waals surface area (Å²) in [5.74, 6) is 1.78. The quantitative estimate of drug-likeness (QED) is 0.108. The summed E-state index contributed by atoms with van der Waals surface area (Å²) in [5, 5.41) is 0. The molecule has 0 radical (unpaired) electrons. The van der Waals surface area contributed by atoms with Crippen molar-refractivity contribution in [3.8, 4) is 11.5 Å². The molecule has 4 rings (SSSR count). The molecule has 2 atom stereocenters. The molecule has 2 unspecified atom stereocenters. The third-order valence-corrected chi connectivity index (χ3v) is 9.02. The van der Waals surface area contributed by atoms with Crippen LogP contribution in [0.2, 0.25) is 0 Å². The minimum atomic E-state index is -0.275. The van der Waals surface area contributed by atoms with E-state index in [4.69, 9.17) is 28.4 Å². The lowest BCUT2D eigenvalue weighted by molar-refractivity contribution is -0.0350. The molecule has 2 saturated heterocycles. The second kappa shape index (κ2) is 14.3. The van der Waals surface area contributed by atoms with Crippen LogP contribution >= 0.6 is 0 Å². The lowest BCUT2D eigenvalue weighted by Gasteiger charge is -2.30. The van der Waals surface area contributed by atoms with Crippen molar-refractivity contribution in [2.75, 3.05) is 26.4 Å². The molecule has 6 heteroatoms. The molecule has 0 saturated carbocycles. The number of rotatable bonds is 20. The van der Waals surface area contributed by atoms with E-state index >= 15 is 0 Å². The standard InChI is InChI=1S/C39H60O6/c1-35(2,21-11-23-42-37(5,6)25-33-27-40-33)44-31-17-13-29(14-18-31)39(9,10)30-15-19-32(20-16-30)45-36(3,4)22-12-24-43-38(7,8)26-34-28-41-34/h13-20,33-34H,11-12,21-28H2,1-10H3. The van der Waals surface area contributed by atoms with E-state index in [1.165, 1.54) is 11.1 Å². The maximum absolute atomic E-state index is 6.41. The van der Waals surface area contributed by atoms with Gasteiger partial charge in [0.05, 0.1) is 36.6 Å². The van der Waals surface area contributed by atoms with Gasteiger partial charge < -0.3 is 28.4 Å². The molecule has 0 spiro atoms. The van der Waals surface area contributed by atoms with E-state index in [0.29, 0.717) is 12.2 Å². The van der Waals surface area contributed by atoms with E-state index in [-0.39, 0.29) is 27.8 Å². The van der Waals surface area contributed by atoms with Crippen LogP contribution in [0.25, 0.3) is 0 Å². The summed E-state index contributed by atoms with van der Waals surface area (Å²) in [6.07, 6.45) is 6.42. The molecule has 0 aliphatic carbocycles. The highest BCUT2D eigenvalue weighted by Crippen LogP contribution is 2.35. The van der Waals surface area contributed by atoms with Crippen molar-refractivity contribution in [2.24, 2.45) is 0 Å². The Kier molecular flexibility index (Phi) is 11.4. The van der Waals surface area contributed by atoms with Crippen molar-refractivity contribution in [1.29, 1.82) is 0 Å². The molecule has 2 aliphatic rings. The molecule has 252 valence electrons. The molecular weight excluding hydrogens is 564 g/mol. The molecule has 0 aromatic heterocycles. The summed E-state index contributed by atoms with van der Waals surface area (Å²) >= 11 is 0. The predicted octanol–water partition coefficient (Wildman–Crippen LogP) is 9.06. The van der Waals surface area contributed by atoms with E-state index in [1.807, 2.05) is 0 Å². The maximum atomic E-state index is 6.41. The predicted molar refractivity (Wildman–Crippen MR) is 182 cm³/mol. The van der Waals surface area contributed by atoms with E-state index in [9.17, 15) is 0 Å². The molecule has 6 nitrogen and oxygen atoms in total. The van der Waals surface area contributed by atoms with Crippen molar-refractivity contribution in [2.45, 2.75) is 148 Å². The fraction of sp³-hybridized carbons (Fsp3) is 0.692. The van der Waals surface area contributed by atoms with Gasteiger partial charge in [-0.1, -0.05) is 38.1 Å². The number of hydrogen-bond acceptors (Lipinski definition) is 6. The van der Waals surface area contributed by atoms with Gasteiger partial charge in [-0.2, -0.15) is 0 Å². The summed E-state index contributed by atoms with van der Waals surface area (Å²) in [6.45, 7) is 24.9. The zero-order valence-electron chi connectivity index (χ0n) is 29.8. The first-order chi connectivity index (χ1) is 20.9. The van der Waals surface area contributed by atoms with Crippen LogP contribution < -0.4 is 9.47 Å². The Labute approximate surface area is 273 Å². The van der Waals surface area contributed by atoms with Crippen LogP contribution in [-0.2, 0) is 24.4 Å². The van der Waals surface area contributed by atoms with Crippen LogP contribution in [-0.4, -0.2) is 61.0 Å². The van der Waals surface area contributed by atoms with Crippen LogP contribution in [0.4, 0.5) is 0 Å². The largest absolute Gasteiger partial charge is 0.488 e. The third kappa shape index (κ3) is 12.2. The first-order valence-corrected chi connectivity index (χ1v) is 17.0. The van der Waals surface area contributed by atoms with Crippen LogP contribution in [0, 0.1) is 0 Å². The van der Waals surface area contributed by atoms with Crippen LogP contribution in [0.15, 0.2) is 48.5 Å². The van der Waals surface area contributed by atoms with Crippen molar-refractivity contribution in [3.63, 3.8) is 0 Å². The third-order valence-electron chi connectivity index (χ3n) is 9.02. The molecule has 0 amide bonds. The topological polar surface area (TPSA) is 62.0 Å². The van der Waals surface area contributed by atoms with Gasteiger partial charge in [-0.05, 0) is 116 Å². The van der Waals surface area contributed by atoms with Crippen molar-refractivity contribution in [3.05, 3.63) is 59.7 Å². The highest BCUT2D eigenvalue weighted by atomic mass is 16.6. The van der Waals surface area contributed by atoms with E-state index in [0.717, 1.165) is 76.5 Å². The molecule has 2 heterocycles. The minimum Gasteiger partial charge on any atom is -0.488 e. The fourth-order valence-electron chi connectivity index (χ4n) is 6.07. The first kappa shape index (κ1) is 35.7. The lowest BCUT2D eigenvalue weighted by Crippen LogP contribution is -2.31. The van der Waals surface area contributed by atoms with Crippen molar-refractivity contribution >= 4 is 0 Å². The average Bonchev–Trinajstić information content (AvgIpc) is 3.88. The second-order valence-corrected chi connectivity index (χ2v) is 16.1. The number of benzene rings is 2. The Morgan fingerprint density at radius 2 is 0.867 bits per heavy atom. The number of ether oxygens (including phenoxy) is 6. The average molecular weight is 625 g/mol.